The van der Waals surface area contributed by atoms with Crippen LogP contribution in [0.3, 0.4) is 0 Å². The number of hydrogen-bond donors (Lipinski definition) is 1. The Kier molecular flexibility index (Phi) is 5.36. The smallest absolute Gasteiger partial charge is 0.253 e. The summed E-state index contributed by atoms with van der Waals surface area (Å²) in [4.78, 5) is 14.5. The molecule has 1 aliphatic heterocycles. The van der Waals surface area contributed by atoms with E-state index in [9.17, 15) is 13.2 Å². The third kappa shape index (κ3) is 4.33. The molecule has 1 fully saturated rings. The summed E-state index contributed by atoms with van der Waals surface area (Å²) in [5.74, 6) is -0.0878. The third-order valence-corrected chi connectivity index (χ3v) is 6.31. The lowest BCUT2D eigenvalue weighted by Gasteiger charge is -2.33. The van der Waals surface area contributed by atoms with E-state index < -0.39 is 10.0 Å². The molecule has 4 rings (SSSR count). The van der Waals surface area contributed by atoms with E-state index in [0.29, 0.717) is 30.8 Å². The standard InChI is InChI=1S/C19H20N6O3S/c26-19(15-6-2-1-3-7-15)24-11-5-8-16(13-24)21-29(27,28)18-10-4-9-17(12-18)25-14-20-22-23-25/h1-4,6-7,9-10,12,14,16,21H,5,8,11,13H2/t16-/m0/s1. The van der Waals surface area contributed by atoms with Crippen LogP contribution >= 0.6 is 0 Å². The number of hydrogen-bond acceptors (Lipinski definition) is 6. The van der Waals surface area contributed by atoms with Crippen LogP contribution in [0, 0.1) is 0 Å². The van der Waals surface area contributed by atoms with Gasteiger partial charge in [0.2, 0.25) is 10.0 Å². The largest absolute Gasteiger partial charge is 0.337 e. The molecule has 150 valence electrons. The molecule has 29 heavy (non-hydrogen) atoms. The van der Waals surface area contributed by atoms with Crippen LogP contribution in [0.5, 0.6) is 0 Å². The molecule has 1 saturated heterocycles. The second-order valence-electron chi connectivity index (χ2n) is 6.83. The van der Waals surface area contributed by atoms with Gasteiger partial charge in [-0.05, 0) is 53.6 Å². The SMILES string of the molecule is O=C(c1ccccc1)N1CCC[C@H](NS(=O)(=O)c2cccc(-n3cnnn3)c2)C1. The number of amides is 1. The van der Waals surface area contributed by atoms with Gasteiger partial charge in [-0.2, -0.15) is 0 Å². The van der Waals surface area contributed by atoms with Gasteiger partial charge in [0, 0.05) is 24.7 Å². The number of tetrazole rings is 1. The van der Waals surface area contributed by atoms with E-state index in [2.05, 4.69) is 20.2 Å². The highest BCUT2D eigenvalue weighted by Gasteiger charge is 2.28. The summed E-state index contributed by atoms with van der Waals surface area (Å²) < 4.78 is 29.9. The first-order valence-corrected chi connectivity index (χ1v) is 10.7. The third-order valence-electron chi connectivity index (χ3n) is 4.79. The van der Waals surface area contributed by atoms with Crippen LogP contribution in [0.2, 0.25) is 0 Å². The topological polar surface area (TPSA) is 110 Å². The van der Waals surface area contributed by atoms with E-state index in [4.69, 9.17) is 0 Å². The number of rotatable bonds is 5. The van der Waals surface area contributed by atoms with Gasteiger partial charge in [0.15, 0.2) is 0 Å². The van der Waals surface area contributed by atoms with Gasteiger partial charge in [0.1, 0.15) is 6.33 Å². The molecule has 1 N–H and O–H groups in total. The fourth-order valence-corrected chi connectivity index (χ4v) is 4.68. The monoisotopic (exact) mass is 412 g/mol. The van der Waals surface area contributed by atoms with Crippen molar-refractivity contribution in [2.45, 2.75) is 23.8 Å². The highest BCUT2D eigenvalue weighted by atomic mass is 32.2. The Balaban J connectivity index is 1.48. The molecule has 0 saturated carbocycles. The van der Waals surface area contributed by atoms with E-state index in [1.165, 1.54) is 23.1 Å². The summed E-state index contributed by atoms with van der Waals surface area (Å²) in [7, 11) is -3.76. The summed E-state index contributed by atoms with van der Waals surface area (Å²) in [6.45, 7) is 0.945. The van der Waals surface area contributed by atoms with Crippen molar-refractivity contribution in [1.82, 2.24) is 29.8 Å². The molecule has 1 aromatic heterocycles. The van der Waals surface area contributed by atoms with E-state index in [1.54, 1.807) is 29.2 Å². The fourth-order valence-electron chi connectivity index (χ4n) is 3.38. The second kappa shape index (κ2) is 8.10. The van der Waals surface area contributed by atoms with Gasteiger partial charge in [0.05, 0.1) is 10.6 Å². The van der Waals surface area contributed by atoms with E-state index in [1.807, 2.05) is 18.2 Å². The van der Waals surface area contributed by atoms with Gasteiger partial charge < -0.3 is 4.90 Å². The Morgan fingerprint density at radius 2 is 1.93 bits per heavy atom. The molecule has 2 heterocycles. The maximum atomic E-state index is 12.9. The molecule has 10 heteroatoms. The van der Waals surface area contributed by atoms with Crippen LogP contribution in [-0.4, -0.2) is 58.6 Å². The molecular weight excluding hydrogens is 392 g/mol. The van der Waals surface area contributed by atoms with Crippen molar-refractivity contribution in [3.05, 3.63) is 66.5 Å². The normalized spacial score (nSPS) is 17.2. The first kappa shape index (κ1) is 19.2. The average molecular weight is 412 g/mol. The van der Waals surface area contributed by atoms with Gasteiger partial charge in [-0.15, -0.1) is 5.10 Å². The highest BCUT2D eigenvalue weighted by molar-refractivity contribution is 7.89. The van der Waals surface area contributed by atoms with Crippen LogP contribution in [-0.2, 0) is 10.0 Å². The summed E-state index contributed by atoms with van der Waals surface area (Å²) in [5.41, 5.74) is 1.15. The molecule has 1 atom stereocenters. The molecule has 3 aromatic rings. The molecule has 9 nitrogen and oxygen atoms in total. The minimum atomic E-state index is -3.76. The zero-order valence-corrected chi connectivity index (χ0v) is 16.4. The molecular formula is C19H20N6O3S. The lowest BCUT2D eigenvalue weighted by molar-refractivity contribution is 0.0703. The predicted octanol–water partition coefficient (Wildman–Crippen LogP) is 1.25. The van der Waals surface area contributed by atoms with Crippen LogP contribution in [0.15, 0.2) is 65.8 Å². The van der Waals surface area contributed by atoms with Crippen molar-refractivity contribution in [2.75, 3.05) is 13.1 Å². The van der Waals surface area contributed by atoms with Crippen molar-refractivity contribution in [3.63, 3.8) is 0 Å². The molecule has 2 aromatic carbocycles. The number of aromatic nitrogens is 4. The van der Waals surface area contributed by atoms with Gasteiger partial charge in [0.25, 0.3) is 5.91 Å². The first-order valence-electron chi connectivity index (χ1n) is 9.23. The maximum absolute atomic E-state index is 12.9. The van der Waals surface area contributed by atoms with Crippen molar-refractivity contribution in [1.29, 1.82) is 0 Å². The Morgan fingerprint density at radius 3 is 2.69 bits per heavy atom. The molecule has 0 aliphatic carbocycles. The van der Waals surface area contributed by atoms with Crippen LogP contribution in [0.25, 0.3) is 5.69 Å². The van der Waals surface area contributed by atoms with Crippen molar-refractivity contribution < 1.29 is 13.2 Å². The quantitative estimate of drug-likeness (QED) is 0.675. The minimum absolute atomic E-state index is 0.0878. The first-order chi connectivity index (χ1) is 14.0. The second-order valence-corrected chi connectivity index (χ2v) is 8.54. The summed E-state index contributed by atoms with van der Waals surface area (Å²) in [5, 5.41) is 10.9. The number of piperidine rings is 1. The van der Waals surface area contributed by atoms with Crippen molar-refractivity contribution >= 4 is 15.9 Å². The van der Waals surface area contributed by atoms with Crippen LogP contribution in [0.1, 0.15) is 23.2 Å². The summed E-state index contributed by atoms with van der Waals surface area (Å²) >= 11 is 0. The summed E-state index contributed by atoms with van der Waals surface area (Å²) in [6, 6.07) is 15.0. The average Bonchev–Trinajstić information content (AvgIpc) is 3.29. The number of nitrogens with one attached hydrogen (secondary N) is 1. The number of carbonyl (C=O) groups is 1. The minimum Gasteiger partial charge on any atom is -0.337 e. The number of sulfonamides is 1. The maximum Gasteiger partial charge on any atom is 0.253 e. The zero-order chi connectivity index (χ0) is 20.3. The summed E-state index contributed by atoms with van der Waals surface area (Å²) in [6.07, 6.45) is 2.80. The zero-order valence-electron chi connectivity index (χ0n) is 15.5. The molecule has 0 radical (unpaired) electrons. The molecule has 0 spiro atoms. The number of carbonyl (C=O) groups excluding carboxylic acids is 1. The van der Waals surface area contributed by atoms with Gasteiger partial charge in [-0.3, -0.25) is 4.79 Å². The molecule has 0 unspecified atom stereocenters. The molecule has 1 aliphatic rings. The number of likely N-dealkylation sites (tertiary alicyclic amines) is 1. The van der Waals surface area contributed by atoms with Gasteiger partial charge in [-0.1, -0.05) is 24.3 Å². The van der Waals surface area contributed by atoms with Gasteiger partial charge >= 0.3 is 0 Å². The van der Waals surface area contributed by atoms with Crippen LogP contribution < -0.4 is 4.72 Å². The molecule has 1 amide bonds. The Bertz CT molecular complexity index is 1090. The predicted molar refractivity (Wildman–Crippen MR) is 105 cm³/mol. The van der Waals surface area contributed by atoms with E-state index >= 15 is 0 Å². The molecule has 0 bridgehead atoms. The Morgan fingerprint density at radius 1 is 1.10 bits per heavy atom. The number of benzene rings is 2. The number of nitrogens with zero attached hydrogens (tertiary/aromatic N) is 5. The van der Waals surface area contributed by atoms with E-state index in [0.717, 1.165) is 6.42 Å². The Labute approximate surface area is 168 Å². The van der Waals surface area contributed by atoms with Crippen LogP contribution in [0.4, 0.5) is 0 Å². The fraction of sp³-hybridized carbons (Fsp3) is 0.263. The van der Waals surface area contributed by atoms with E-state index in [-0.39, 0.29) is 16.8 Å². The van der Waals surface area contributed by atoms with Crippen molar-refractivity contribution in [3.8, 4) is 5.69 Å². The Hall–Kier alpha value is -3.11. The van der Waals surface area contributed by atoms with Gasteiger partial charge in [-0.25, -0.2) is 17.8 Å². The lowest BCUT2D eigenvalue weighted by atomic mass is 10.1. The highest BCUT2D eigenvalue weighted by Crippen LogP contribution is 2.18. The lowest BCUT2D eigenvalue weighted by Crippen LogP contribution is -2.49. The van der Waals surface area contributed by atoms with Crippen molar-refractivity contribution in [2.24, 2.45) is 0 Å².